The molecular formula is C19H38N2O2. The number of hydrogen-bond acceptors (Lipinski definition) is 3. The minimum atomic E-state index is -0.443. The molecule has 1 aliphatic carbocycles. The van der Waals surface area contributed by atoms with Crippen LogP contribution in [-0.4, -0.2) is 30.3 Å². The quantitative estimate of drug-likeness (QED) is 0.783. The van der Waals surface area contributed by atoms with Crippen LogP contribution in [-0.2, 0) is 4.74 Å². The van der Waals surface area contributed by atoms with Crippen molar-refractivity contribution in [2.45, 2.75) is 98.3 Å². The molecule has 0 aromatic carbocycles. The van der Waals surface area contributed by atoms with Crippen LogP contribution in [0.3, 0.4) is 0 Å². The molecule has 23 heavy (non-hydrogen) atoms. The highest BCUT2D eigenvalue weighted by atomic mass is 16.6. The van der Waals surface area contributed by atoms with Crippen LogP contribution in [0.15, 0.2) is 0 Å². The summed E-state index contributed by atoms with van der Waals surface area (Å²) in [7, 11) is 0. The molecule has 1 fully saturated rings. The molecule has 1 saturated carbocycles. The largest absolute Gasteiger partial charge is 0.444 e. The Morgan fingerprint density at radius 2 is 1.65 bits per heavy atom. The van der Waals surface area contributed by atoms with Crippen molar-refractivity contribution in [3.63, 3.8) is 0 Å². The number of amides is 1. The second-order valence-corrected chi connectivity index (χ2v) is 9.07. The van der Waals surface area contributed by atoms with Crippen LogP contribution in [0.25, 0.3) is 0 Å². The van der Waals surface area contributed by atoms with E-state index in [4.69, 9.17) is 4.74 Å². The van der Waals surface area contributed by atoms with E-state index in [0.29, 0.717) is 11.5 Å². The Labute approximate surface area is 143 Å². The summed E-state index contributed by atoms with van der Waals surface area (Å²) in [5, 5.41) is 6.61. The first-order chi connectivity index (χ1) is 10.5. The predicted octanol–water partition coefficient (Wildman–Crippen LogP) is 4.48. The first kappa shape index (κ1) is 20.3. The van der Waals surface area contributed by atoms with E-state index in [2.05, 4.69) is 38.3 Å². The van der Waals surface area contributed by atoms with Gasteiger partial charge in [-0.2, -0.15) is 0 Å². The maximum atomic E-state index is 11.9. The van der Waals surface area contributed by atoms with Crippen molar-refractivity contribution < 1.29 is 9.53 Å². The number of rotatable bonds is 5. The highest BCUT2D eigenvalue weighted by Gasteiger charge is 2.29. The minimum Gasteiger partial charge on any atom is -0.444 e. The Kier molecular flexibility index (Phi) is 7.37. The second-order valence-electron chi connectivity index (χ2n) is 9.07. The lowest BCUT2D eigenvalue weighted by Gasteiger charge is -2.37. The number of carbonyl (C=O) groups excluding carboxylic acids is 1. The lowest BCUT2D eigenvalue weighted by molar-refractivity contribution is 0.0500. The second kappa shape index (κ2) is 8.36. The van der Waals surface area contributed by atoms with Crippen molar-refractivity contribution in [1.29, 1.82) is 0 Å². The van der Waals surface area contributed by atoms with E-state index in [0.717, 1.165) is 18.9 Å². The first-order valence-electron chi connectivity index (χ1n) is 9.24. The molecule has 0 heterocycles. The molecule has 0 bridgehead atoms. The molecule has 2 N–H and O–H groups in total. The number of nitrogens with one attached hydrogen (secondary N) is 2. The zero-order chi connectivity index (χ0) is 17.7. The fourth-order valence-electron chi connectivity index (χ4n) is 3.24. The maximum absolute atomic E-state index is 11.9. The summed E-state index contributed by atoms with van der Waals surface area (Å²) in [6.45, 7) is 15.6. The Hall–Kier alpha value is -0.770. The van der Waals surface area contributed by atoms with Gasteiger partial charge in [-0.25, -0.2) is 4.79 Å². The third-order valence-corrected chi connectivity index (χ3v) is 4.82. The summed E-state index contributed by atoms with van der Waals surface area (Å²) < 4.78 is 5.34. The Balaban J connectivity index is 2.32. The highest BCUT2D eigenvalue weighted by Crippen LogP contribution is 2.37. The predicted molar refractivity (Wildman–Crippen MR) is 96.7 cm³/mol. The number of ether oxygens (including phenoxy) is 1. The van der Waals surface area contributed by atoms with Crippen LogP contribution in [0.1, 0.15) is 80.6 Å². The Morgan fingerprint density at radius 1 is 1.09 bits per heavy atom. The molecule has 4 heteroatoms. The highest BCUT2D eigenvalue weighted by molar-refractivity contribution is 5.68. The van der Waals surface area contributed by atoms with Gasteiger partial charge in [0.15, 0.2) is 0 Å². The number of alkyl carbamates (subject to hydrolysis) is 1. The molecule has 1 aliphatic rings. The van der Waals surface area contributed by atoms with Gasteiger partial charge in [0, 0.05) is 18.6 Å². The number of carbonyl (C=O) groups is 1. The maximum Gasteiger partial charge on any atom is 0.407 e. The van der Waals surface area contributed by atoms with Crippen molar-refractivity contribution in [1.82, 2.24) is 10.6 Å². The zero-order valence-corrected chi connectivity index (χ0v) is 16.3. The van der Waals surface area contributed by atoms with Crippen LogP contribution in [0.4, 0.5) is 4.79 Å². The Morgan fingerprint density at radius 3 is 2.09 bits per heavy atom. The lowest BCUT2D eigenvalue weighted by atomic mass is 9.71. The van der Waals surface area contributed by atoms with Crippen molar-refractivity contribution >= 4 is 6.09 Å². The zero-order valence-electron chi connectivity index (χ0n) is 16.3. The molecule has 4 nitrogen and oxygen atoms in total. The summed E-state index contributed by atoms with van der Waals surface area (Å²) >= 11 is 0. The SMILES string of the molecule is CCC(CNC1CCC(C(C)(C)C)CC1)NC(=O)OC(C)(C)C. The average molecular weight is 327 g/mol. The van der Waals surface area contributed by atoms with Gasteiger partial charge in [0.25, 0.3) is 0 Å². The molecule has 0 aliphatic heterocycles. The van der Waals surface area contributed by atoms with Crippen LogP contribution in [0, 0.1) is 11.3 Å². The standard InChI is InChI=1S/C19H38N2O2/c1-8-15(21-17(22)23-19(5,6)7)13-20-16-11-9-14(10-12-16)18(2,3)4/h14-16,20H,8-13H2,1-7H3,(H,21,22). The summed E-state index contributed by atoms with van der Waals surface area (Å²) in [6, 6.07) is 0.716. The van der Waals surface area contributed by atoms with Gasteiger partial charge in [0.2, 0.25) is 0 Å². The van der Waals surface area contributed by atoms with Gasteiger partial charge in [-0.15, -0.1) is 0 Å². The molecule has 136 valence electrons. The molecular weight excluding hydrogens is 288 g/mol. The molecule has 1 rings (SSSR count). The molecule has 0 saturated heterocycles. The van der Waals surface area contributed by atoms with Gasteiger partial charge < -0.3 is 15.4 Å². The van der Waals surface area contributed by atoms with E-state index in [1.165, 1.54) is 25.7 Å². The van der Waals surface area contributed by atoms with Gasteiger partial charge in [-0.1, -0.05) is 27.7 Å². The fourth-order valence-corrected chi connectivity index (χ4v) is 3.24. The summed E-state index contributed by atoms with van der Waals surface area (Å²) in [4.78, 5) is 11.9. The van der Waals surface area contributed by atoms with Crippen LogP contribution >= 0.6 is 0 Å². The third kappa shape index (κ3) is 8.05. The summed E-state index contributed by atoms with van der Waals surface area (Å²) in [6.07, 6.45) is 5.68. The van der Waals surface area contributed by atoms with Gasteiger partial charge in [-0.05, 0) is 64.2 Å². The number of hydrogen-bond donors (Lipinski definition) is 2. The summed E-state index contributed by atoms with van der Waals surface area (Å²) in [5.74, 6) is 0.836. The molecule has 1 amide bonds. The average Bonchev–Trinajstić information content (AvgIpc) is 2.41. The van der Waals surface area contributed by atoms with Gasteiger partial charge in [-0.3, -0.25) is 0 Å². The van der Waals surface area contributed by atoms with Crippen LogP contribution in [0.2, 0.25) is 0 Å². The Bertz CT molecular complexity index is 361. The van der Waals surface area contributed by atoms with E-state index in [1.54, 1.807) is 0 Å². The minimum absolute atomic E-state index is 0.130. The normalized spacial score (nSPS) is 24.1. The van der Waals surface area contributed by atoms with E-state index in [-0.39, 0.29) is 12.1 Å². The molecule has 1 atom stereocenters. The van der Waals surface area contributed by atoms with Crippen LogP contribution in [0.5, 0.6) is 0 Å². The molecule has 0 aromatic rings. The van der Waals surface area contributed by atoms with Crippen LogP contribution < -0.4 is 10.6 Å². The molecule has 0 radical (unpaired) electrons. The van der Waals surface area contributed by atoms with Crippen molar-refractivity contribution in [2.24, 2.45) is 11.3 Å². The van der Waals surface area contributed by atoms with Gasteiger partial charge in [0.1, 0.15) is 5.60 Å². The van der Waals surface area contributed by atoms with E-state index >= 15 is 0 Å². The van der Waals surface area contributed by atoms with Crippen molar-refractivity contribution in [2.75, 3.05) is 6.54 Å². The fraction of sp³-hybridized carbons (Fsp3) is 0.947. The first-order valence-corrected chi connectivity index (χ1v) is 9.24. The van der Waals surface area contributed by atoms with Gasteiger partial charge >= 0.3 is 6.09 Å². The third-order valence-electron chi connectivity index (χ3n) is 4.82. The lowest BCUT2D eigenvalue weighted by Crippen LogP contribution is -2.47. The summed E-state index contributed by atoms with van der Waals surface area (Å²) in [5.41, 5.74) is -0.0175. The van der Waals surface area contributed by atoms with E-state index in [1.807, 2.05) is 20.8 Å². The van der Waals surface area contributed by atoms with E-state index < -0.39 is 5.60 Å². The van der Waals surface area contributed by atoms with Crippen molar-refractivity contribution in [3.8, 4) is 0 Å². The van der Waals surface area contributed by atoms with Crippen molar-refractivity contribution in [3.05, 3.63) is 0 Å². The molecule has 0 spiro atoms. The van der Waals surface area contributed by atoms with E-state index in [9.17, 15) is 4.79 Å². The molecule has 0 aromatic heterocycles. The molecule has 1 unspecified atom stereocenters. The van der Waals surface area contributed by atoms with Gasteiger partial charge in [0.05, 0.1) is 0 Å². The monoisotopic (exact) mass is 326 g/mol. The topological polar surface area (TPSA) is 50.4 Å². The smallest absolute Gasteiger partial charge is 0.407 e.